The molecule has 160 valence electrons. The van der Waals surface area contributed by atoms with Gasteiger partial charge in [0.05, 0.1) is 11.8 Å². The minimum absolute atomic E-state index is 0.0966. The molecule has 1 spiro atoms. The van der Waals surface area contributed by atoms with Gasteiger partial charge in [0.2, 0.25) is 17.7 Å². The molecule has 0 aliphatic carbocycles. The Bertz CT molecular complexity index is 1080. The van der Waals surface area contributed by atoms with E-state index in [0.717, 1.165) is 16.7 Å². The molecule has 0 radical (unpaired) electrons. The van der Waals surface area contributed by atoms with Crippen molar-refractivity contribution in [3.05, 3.63) is 65.2 Å². The molecule has 2 saturated heterocycles. The van der Waals surface area contributed by atoms with E-state index < -0.39 is 17.4 Å². The molecule has 3 aliphatic rings. The summed E-state index contributed by atoms with van der Waals surface area (Å²) in [4.78, 5) is 41.9. The van der Waals surface area contributed by atoms with Crippen LogP contribution in [-0.4, -0.2) is 35.2 Å². The maximum atomic E-state index is 13.7. The van der Waals surface area contributed by atoms with Crippen molar-refractivity contribution in [1.82, 2.24) is 10.2 Å². The highest BCUT2D eigenvalue weighted by Crippen LogP contribution is 2.54. The van der Waals surface area contributed by atoms with Crippen LogP contribution in [0.4, 0.5) is 5.69 Å². The zero-order valence-corrected chi connectivity index (χ0v) is 18.0. The van der Waals surface area contributed by atoms with E-state index in [9.17, 15) is 14.4 Å². The summed E-state index contributed by atoms with van der Waals surface area (Å²) in [6, 6.07) is 15.4. The summed E-state index contributed by atoms with van der Waals surface area (Å²) in [7, 11) is 0. The Hall–Kier alpha value is -2.99. The average molecular weight is 418 g/mol. The van der Waals surface area contributed by atoms with Crippen molar-refractivity contribution in [3.63, 3.8) is 0 Å². The second-order valence-corrected chi connectivity index (χ2v) is 9.29. The van der Waals surface area contributed by atoms with E-state index in [0.29, 0.717) is 18.7 Å². The number of carbonyl (C=O) groups is 3. The summed E-state index contributed by atoms with van der Waals surface area (Å²) in [6.07, 6.45) is 0.604. The first kappa shape index (κ1) is 19.9. The van der Waals surface area contributed by atoms with Crippen molar-refractivity contribution >= 4 is 23.4 Å². The Balaban J connectivity index is 1.55. The zero-order chi connectivity index (χ0) is 21.9. The van der Waals surface area contributed by atoms with Gasteiger partial charge in [0.1, 0.15) is 5.54 Å². The lowest BCUT2D eigenvalue weighted by molar-refractivity contribution is -0.142. The minimum atomic E-state index is -1.20. The first-order valence-corrected chi connectivity index (χ1v) is 10.9. The third-order valence-electron chi connectivity index (χ3n) is 7.08. The first-order valence-electron chi connectivity index (χ1n) is 10.9. The van der Waals surface area contributed by atoms with E-state index in [-0.39, 0.29) is 29.7 Å². The number of benzene rings is 2. The van der Waals surface area contributed by atoms with E-state index in [1.807, 2.05) is 69.3 Å². The fourth-order valence-corrected chi connectivity index (χ4v) is 5.59. The van der Waals surface area contributed by atoms with Crippen LogP contribution in [0.2, 0.25) is 0 Å². The number of anilines is 1. The van der Waals surface area contributed by atoms with E-state index in [1.165, 1.54) is 4.90 Å². The number of likely N-dealkylation sites (tertiary alicyclic amines) is 1. The summed E-state index contributed by atoms with van der Waals surface area (Å²) in [6.45, 7) is 6.36. The van der Waals surface area contributed by atoms with Crippen molar-refractivity contribution in [3.8, 4) is 0 Å². The molecule has 2 aromatic rings. The Morgan fingerprint density at radius 1 is 1.03 bits per heavy atom. The monoisotopic (exact) mass is 417 g/mol. The zero-order valence-electron chi connectivity index (χ0n) is 18.0. The van der Waals surface area contributed by atoms with Crippen LogP contribution < -0.4 is 10.6 Å². The van der Waals surface area contributed by atoms with Crippen molar-refractivity contribution < 1.29 is 14.4 Å². The Morgan fingerprint density at radius 2 is 1.77 bits per heavy atom. The van der Waals surface area contributed by atoms with Crippen molar-refractivity contribution in [2.75, 3.05) is 11.9 Å². The van der Waals surface area contributed by atoms with Gasteiger partial charge in [-0.05, 0) is 30.9 Å². The standard InChI is InChI=1S/C25H27N3O3/c1-14(2)21-19-20(23(30)28(22(19)29)12-11-16-7-5-4-6-8-16)25(27-21)17-13-15(3)9-10-18(17)26-24(25)31/h4-10,13-14,19-21,27H,11-12H2,1-3H3,(H,26,31). The van der Waals surface area contributed by atoms with E-state index in [2.05, 4.69) is 10.6 Å². The fraction of sp³-hybridized carbons (Fsp3) is 0.400. The van der Waals surface area contributed by atoms with Crippen molar-refractivity contribution in [1.29, 1.82) is 0 Å². The number of aryl methyl sites for hydroxylation is 1. The van der Waals surface area contributed by atoms with Gasteiger partial charge in [0.25, 0.3) is 0 Å². The molecule has 31 heavy (non-hydrogen) atoms. The predicted octanol–water partition coefficient (Wildman–Crippen LogP) is 2.61. The lowest BCUT2D eigenvalue weighted by Crippen LogP contribution is -2.54. The number of imide groups is 1. The summed E-state index contributed by atoms with van der Waals surface area (Å²) >= 11 is 0. The smallest absolute Gasteiger partial charge is 0.250 e. The molecule has 2 fully saturated rings. The quantitative estimate of drug-likeness (QED) is 0.750. The fourth-order valence-electron chi connectivity index (χ4n) is 5.59. The van der Waals surface area contributed by atoms with Crippen LogP contribution in [0.25, 0.3) is 0 Å². The highest BCUT2D eigenvalue weighted by atomic mass is 16.2. The molecule has 4 atom stereocenters. The summed E-state index contributed by atoms with van der Waals surface area (Å²) in [5.74, 6) is -1.82. The number of amides is 3. The molecule has 5 rings (SSSR count). The van der Waals surface area contributed by atoms with Crippen LogP contribution in [0.5, 0.6) is 0 Å². The Kier molecular flexibility index (Phi) is 4.52. The van der Waals surface area contributed by atoms with Crippen LogP contribution in [0.1, 0.15) is 30.5 Å². The molecule has 3 amide bonds. The molecule has 2 N–H and O–H groups in total. The number of hydrogen-bond acceptors (Lipinski definition) is 4. The third kappa shape index (κ3) is 2.78. The van der Waals surface area contributed by atoms with Crippen LogP contribution in [0.3, 0.4) is 0 Å². The highest BCUT2D eigenvalue weighted by Gasteiger charge is 2.70. The molecule has 6 heteroatoms. The Labute approximate surface area is 182 Å². The molecule has 6 nitrogen and oxygen atoms in total. The first-order chi connectivity index (χ1) is 14.8. The largest absolute Gasteiger partial charge is 0.324 e. The number of rotatable bonds is 4. The van der Waals surface area contributed by atoms with Crippen LogP contribution in [-0.2, 0) is 26.3 Å². The average Bonchev–Trinajstić information content (AvgIpc) is 3.33. The van der Waals surface area contributed by atoms with Gasteiger partial charge < -0.3 is 5.32 Å². The summed E-state index contributed by atoms with van der Waals surface area (Å²) in [5.41, 5.74) is 2.39. The van der Waals surface area contributed by atoms with Crippen LogP contribution in [0.15, 0.2) is 48.5 Å². The number of nitrogens with zero attached hydrogens (tertiary/aromatic N) is 1. The molecule has 0 saturated carbocycles. The maximum Gasteiger partial charge on any atom is 0.250 e. The van der Waals surface area contributed by atoms with Gasteiger partial charge >= 0.3 is 0 Å². The molecule has 0 bridgehead atoms. The number of nitrogens with one attached hydrogen (secondary N) is 2. The molecular weight excluding hydrogens is 390 g/mol. The summed E-state index contributed by atoms with van der Waals surface area (Å²) in [5, 5.41) is 6.43. The van der Waals surface area contributed by atoms with E-state index in [4.69, 9.17) is 0 Å². The predicted molar refractivity (Wildman–Crippen MR) is 117 cm³/mol. The minimum Gasteiger partial charge on any atom is -0.324 e. The molecule has 0 aromatic heterocycles. The summed E-state index contributed by atoms with van der Waals surface area (Å²) < 4.78 is 0. The molecule has 3 heterocycles. The molecule has 3 aliphatic heterocycles. The van der Waals surface area contributed by atoms with Gasteiger partial charge in [-0.1, -0.05) is 61.9 Å². The Morgan fingerprint density at radius 3 is 2.48 bits per heavy atom. The lowest BCUT2D eigenvalue weighted by Gasteiger charge is -2.30. The van der Waals surface area contributed by atoms with Gasteiger partial charge in [-0.2, -0.15) is 0 Å². The maximum absolute atomic E-state index is 13.7. The van der Waals surface area contributed by atoms with E-state index >= 15 is 0 Å². The lowest BCUT2D eigenvalue weighted by atomic mass is 9.75. The van der Waals surface area contributed by atoms with Gasteiger partial charge in [-0.25, -0.2) is 0 Å². The van der Waals surface area contributed by atoms with Gasteiger partial charge in [-0.15, -0.1) is 0 Å². The van der Waals surface area contributed by atoms with Crippen LogP contribution in [0, 0.1) is 24.7 Å². The second-order valence-electron chi connectivity index (χ2n) is 9.29. The number of carbonyl (C=O) groups excluding carboxylic acids is 3. The van der Waals surface area contributed by atoms with Crippen molar-refractivity contribution in [2.24, 2.45) is 17.8 Å². The van der Waals surface area contributed by atoms with E-state index in [1.54, 1.807) is 0 Å². The topological polar surface area (TPSA) is 78.5 Å². The number of hydrogen-bond donors (Lipinski definition) is 2. The normalized spacial score (nSPS) is 29.1. The van der Waals surface area contributed by atoms with Gasteiger partial charge in [0.15, 0.2) is 0 Å². The second kappa shape index (κ2) is 7.02. The molecular formula is C25H27N3O3. The highest BCUT2D eigenvalue weighted by molar-refractivity contribution is 6.15. The van der Waals surface area contributed by atoms with Gasteiger partial charge in [-0.3, -0.25) is 24.6 Å². The molecule has 2 aromatic carbocycles. The number of fused-ring (bicyclic) bond motifs is 4. The van der Waals surface area contributed by atoms with Gasteiger partial charge in [0, 0.05) is 23.8 Å². The van der Waals surface area contributed by atoms with Crippen molar-refractivity contribution in [2.45, 2.75) is 38.8 Å². The SMILES string of the molecule is Cc1ccc2c(c1)C1(NC(C(C)C)C3C(=O)N(CCc4ccccc4)C(=O)C31)C(=O)N2. The van der Waals surface area contributed by atoms with Crippen LogP contribution >= 0.6 is 0 Å². The molecule has 4 unspecified atom stereocenters. The third-order valence-corrected chi connectivity index (χ3v) is 7.08.